The normalized spacial score (nSPS) is 27.7. The fourth-order valence-corrected chi connectivity index (χ4v) is 2.97. The van der Waals surface area contributed by atoms with Gasteiger partial charge >= 0.3 is 0 Å². The largest absolute Gasteiger partial charge is 0.389 e. The maximum atomic E-state index is 10.7. The van der Waals surface area contributed by atoms with Crippen molar-refractivity contribution >= 4 is 0 Å². The van der Waals surface area contributed by atoms with Crippen LogP contribution in [-0.4, -0.2) is 20.8 Å². The van der Waals surface area contributed by atoms with Crippen LogP contribution in [0.3, 0.4) is 0 Å². The van der Waals surface area contributed by atoms with Gasteiger partial charge in [0, 0.05) is 5.92 Å². The van der Waals surface area contributed by atoms with Gasteiger partial charge in [0.05, 0.1) is 12.0 Å². The van der Waals surface area contributed by atoms with Gasteiger partial charge in [0.1, 0.15) is 0 Å². The van der Waals surface area contributed by atoms with E-state index in [4.69, 9.17) is 4.52 Å². The highest BCUT2D eigenvalue weighted by molar-refractivity contribution is 4.99. The molecule has 1 aliphatic carbocycles. The van der Waals surface area contributed by atoms with Crippen molar-refractivity contribution in [2.24, 2.45) is 5.41 Å². The SMILES string of the molecule is CC(C)c1noc(CC2(O)CCCC(C)(C)C2)n1. The number of aromatic nitrogens is 2. The van der Waals surface area contributed by atoms with E-state index in [1.54, 1.807) is 0 Å². The van der Waals surface area contributed by atoms with Crippen molar-refractivity contribution in [3.63, 3.8) is 0 Å². The average Bonchev–Trinajstić information content (AvgIpc) is 2.63. The first kappa shape index (κ1) is 13.5. The van der Waals surface area contributed by atoms with Crippen molar-refractivity contribution in [1.29, 1.82) is 0 Å². The van der Waals surface area contributed by atoms with E-state index in [0.717, 1.165) is 25.1 Å². The van der Waals surface area contributed by atoms with Gasteiger partial charge in [-0.3, -0.25) is 0 Å². The number of rotatable bonds is 3. The van der Waals surface area contributed by atoms with Crippen molar-refractivity contribution in [1.82, 2.24) is 10.1 Å². The maximum Gasteiger partial charge on any atom is 0.229 e. The van der Waals surface area contributed by atoms with E-state index >= 15 is 0 Å². The number of hydrogen-bond donors (Lipinski definition) is 1. The van der Waals surface area contributed by atoms with Gasteiger partial charge in [-0.05, 0) is 24.7 Å². The van der Waals surface area contributed by atoms with Crippen molar-refractivity contribution in [2.45, 2.75) is 71.3 Å². The molecule has 0 bridgehead atoms. The van der Waals surface area contributed by atoms with E-state index < -0.39 is 5.60 Å². The van der Waals surface area contributed by atoms with Crippen LogP contribution in [0.5, 0.6) is 0 Å². The lowest BCUT2D eigenvalue weighted by Gasteiger charge is -2.40. The van der Waals surface area contributed by atoms with Crippen LogP contribution in [0.1, 0.15) is 71.0 Å². The highest BCUT2D eigenvalue weighted by atomic mass is 16.5. The lowest BCUT2D eigenvalue weighted by atomic mass is 9.69. The van der Waals surface area contributed by atoms with Crippen molar-refractivity contribution in [2.75, 3.05) is 0 Å². The third kappa shape index (κ3) is 3.10. The Bertz CT molecular complexity index is 412. The Morgan fingerprint density at radius 3 is 2.61 bits per heavy atom. The van der Waals surface area contributed by atoms with Gasteiger partial charge in [-0.15, -0.1) is 0 Å². The van der Waals surface area contributed by atoms with Crippen molar-refractivity contribution in [3.05, 3.63) is 11.7 Å². The van der Waals surface area contributed by atoms with Crippen LogP contribution in [0.25, 0.3) is 0 Å². The minimum absolute atomic E-state index is 0.202. The van der Waals surface area contributed by atoms with Crippen molar-refractivity contribution < 1.29 is 9.63 Å². The molecule has 1 heterocycles. The number of hydrogen-bond acceptors (Lipinski definition) is 4. The molecule has 0 amide bonds. The zero-order valence-electron chi connectivity index (χ0n) is 11.9. The Kier molecular flexibility index (Phi) is 3.49. The van der Waals surface area contributed by atoms with Crippen LogP contribution >= 0.6 is 0 Å². The molecule has 4 nitrogen and oxygen atoms in total. The first-order valence-corrected chi connectivity index (χ1v) is 6.85. The predicted molar refractivity (Wildman–Crippen MR) is 69.3 cm³/mol. The summed E-state index contributed by atoms with van der Waals surface area (Å²) in [5.41, 5.74) is -0.476. The molecule has 1 aromatic heterocycles. The van der Waals surface area contributed by atoms with E-state index in [2.05, 4.69) is 24.0 Å². The van der Waals surface area contributed by atoms with Crippen molar-refractivity contribution in [3.8, 4) is 0 Å². The van der Waals surface area contributed by atoms with Crippen LogP contribution < -0.4 is 0 Å². The predicted octanol–water partition coefficient (Wildman–Crippen LogP) is 3.07. The molecule has 1 aromatic rings. The van der Waals surface area contributed by atoms with Crippen LogP contribution in [-0.2, 0) is 6.42 Å². The molecular formula is C14H24N2O2. The Morgan fingerprint density at radius 1 is 1.33 bits per heavy atom. The first-order valence-electron chi connectivity index (χ1n) is 6.85. The summed E-state index contributed by atoms with van der Waals surface area (Å²) in [6.45, 7) is 8.50. The van der Waals surface area contributed by atoms with Gasteiger partial charge in [0.2, 0.25) is 5.89 Å². The van der Waals surface area contributed by atoms with E-state index in [9.17, 15) is 5.11 Å². The molecule has 0 aromatic carbocycles. The molecule has 1 atom stereocenters. The molecule has 102 valence electrons. The molecular weight excluding hydrogens is 228 g/mol. The second-order valence-corrected chi connectivity index (χ2v) is 6.80. The maximum absolute atomic E-state index is 10.7. The fourth-order valence-electron chi connectivity index (χ4n) is 2.97. The van der Waals surface area contributed by atoms with E-state index in [-0.39, 0.29) is 11.3 Å². The minimum atomic E-state index is -0.678. The van der Waals surface area contributed by atoms with E-state index in [1.165, 1.54) is 6.42 Å². The van der Waals surface area contributed by atoms with Gasteiger partial charge in [-0.25, -0.2) is 0 Å². The van der Waals surface area contributed by atoms with Crippen LogP contribution in [0, 0.1) is 5.41 Å². The smallest absolute Gasteiger partial charge is 0.229 e. The summed E-state index contributed by atoms with van der Waals surface area (Å²) in [6.07, 6.45) is 4.36. The zero-order valence-corrected chi connectivity index (χ0v) is 11.9. The Hall–Kier alpha value is -0.900. The topological polar surface area (TPSA) is 59.2 Å². The lowest BCUT2D eigenvalue weighted by molar-refractivity contribution is -0.0429. The molecule has 1 saturated carbocycles. The third-order valence-electron chi connectivity index (χ3n) is 3.78. The molecule has 0 aliphatic heterocycles. The fraction of sp³-hybridized carbons (Fsp3) is 0.857. The summed E-state index contributed by atoms with van der Waals surface area (Å²) in [5, 5.41) is 14.6. The zero-order chi connectivity index (χ0) is 13.4. The second-order valence-electron chi connectivity index (χ2n) is 6.80. The molecule has 1 unspecified atom stereocenters. The third-order valence-corrected chi connectivity index (χ3v) is 3.78. The molecule has 0 radical (unpaired) electrons. The van der Waals surface area contributed by atoms with Gasteiger partial charge in [-0.2, -0.15) is 4.98 Å². The quantitative estimate of drug-likeness (QED) is 0.898. The molecule has 0 spiro atoms. The summed E-state index contributed by atoms with van der Waals surface area (Å²) in [7, 11) is 0. The molecule has 1 fully saturated rings. The second kappa shape index (κ2) is 4.65. The Labute approximate surface area is 109 Å². The summed E-state index contributed by atoms with van der Waals surface area (Å²) in [4.78, 5) is 4.36. The highest BCUT2D eigenvalue weighted by Crippen LogP contribution is 2.42. The van der Waals surface area contributed by atoms with Crippen LogP contribution in [0.2, 0.25) is 0 Å². The molecule has 1 N–H and O–H groups in total. The van der Waals surface area contributed by atoms with Crippen LogP contribution in [0.4, 0.5) is 0 Å². The van der Waals surface area contributed by atoms with Gasteiger partial charge < -0.3 is 9.63 Å². The molecule has 1 aliphatic rings. The van der Waals surface area contributed by atoms with Crippen LogP contribution in [0.15, 0.2) is 4.52 Å². The van der Waals surface area contributed by atoms with Gasteiger partial charge in [0.15, 0.2) is 5.82 Å². The summed E-state index contributed by atoms with van der Waals surface area (Å²) in [6, 6.07) is 0. The minimum Gasteiger partial charge on any atom is -0.389 e. The van der Waals surface area contributed by atoms with E-state index in [1.807, 2.05) is 13.8 Å². The van der Waals surface area contributed by atoms with E-state index in [0.29, 0.717) is 12.3 Å². The molecule has 2 rings (SSSR count). The number of aliphatic hydroxyl groups is 1. The summed E-state index contributed by atoms with van der Waals surface area (Å²) >= 11 is 0. The highest BCUT2D eigenvalue weighted by Gasteiger charge is 2.39. The van der Waals surface area contributed by atoms with Gasteiger partial charge in [-0.1, -0.05) is 39.3 Å². The number of nitrogens with zero attached hydrogens (tertiary/aromatic N) is 2. The average molecular weight is 252 g/mol. The monoisotopic (exact) mass is 252 g/mol. The summed E-state index contributed by atoms with van der Waals surface area (Å²) in [5.74, 6) is 1.56. The Balaban J connectivity index is 2.07. The molecule has 4 heteroatoms. The lowest BCUT2D eigenvalue weighted by Crippen LogP contribution is -2.40. The standard InChI is InChI=1S/C14H24N2O2/c1-10(2)12-15-11(18-16-12)8-14(17)7-5-6-13(3,4)9-14/h10,17H,5-9H2,1-4H3. The Morgan fingerprint density at radius 2 is 2.06 bits per heavy atom. The van der Waals surface area contributed by atoms with Gasteiger partial charge in [0.25, 0.3) is 0 Å². The summed E-state index contributed by atoms with van der Waals surface area (Å²) < 4.78 is 5.24. The first-order chi connectivity index (χ1) is 8.30. The molecule has 18 heavy (non-hydrogen) atoms. The molecule has 0 saturated heterocycles.